The van der Waals surface area contributed by atoms with Crippen molar-refractivity contribution in [2.75, 3.05) is 11.9 Å². The minimum Gasteiger partial charge on any atom is -0.478 e. The highest BCUT2D eigenvalue weighted by Crippen LogP contribution is 2.29. The molecule has 2 rings (SSSR count). The van der Waals surface area contributed by atoms with Crippen LogP contribution in [0.4, 0.5) is 5.82 Å². The van der Waals surface area contributed by atoms with Crippen LogP contribution in [0.15, 0.2) is 12.1 Å². The molecule has 1 aliphatic rings. The third kappa shape index (κ3) is 1.87. The number of pyridine rings is 1. The van der Waals surface area contributed by atoms with Gasteiger partial charge in [-0.3, -0.25) is 0 Å². The SMILES string of the molecule is Cc1ccc(C(=O)O)c(N(C)C2CCC2)n1. The Bertz CT molecular complexity index is 413. The summed E-state index contributed by atoms with van der Waals surface area (Å²) >= 11 is 0. The van der Waals surface area contributed by atoms with Gasteiger partial charge in [0.15, 0.2) is 0 Å². The number of carboxylic acid groups (broad SMARTS) is 1. The van der Waals surface area contributed by atoms with Crippen LogP contribution in [-0.4, -0.2) is 29.1 Å². The van der Waals surface area contributed by atoms with E-state index in [-0.39, 0.29) is 0 Å². The largest absolute Gasteiger partial charge is 0.478 e. The molecular weight excluding hydrogens is 204 g/mol. The predicted octanol–water partition coefficient (Wildman–Crippen LogP) is 2.08. The molecule has 4 heteroatoms. The first kappa shape index (κ1) is 10.9. The molecule has 0 aliphatic heterocycles. The molecule has 0 atom stereocenters. The standard InChI is InChI=1S/C12H16N2O2/c1-8-6-7-10(12(15)16)11(13-8)14(2)9-4-3-5-9/h6-7,9H,3-5H2,1-2H3,(H,15,16). The predicted molar refractivity (Wildman–Crippen MR) is 62.0 cm³/mol. The molecule has 16 heavy (non-hydrogen) atoms. The van der Waals surface area contributed by atoms with Crippen molar-refractivity contribution in [2.45, 2.75) is 32.2 Å². The highest BCUT2D eigenvalue weighted by atomic mass is 16.4. The van der Waals surface area contributed by atoms with Gasteiger partial charge >= 0.3 is 5.97 Å². The maximum atomic E-state index is 11.1. The number of hydrogen-bond acceptors (Lipinski definition) is 3. The van der Waals surface area contributed by atoms with Crippen molar-refractivity contribution in [1.82, 2.24) is 4.98 Å². The number of nitrogens with zero attached hydrogens (tertiary/aromatic N) is 2. The second-order valence-electron chi connectivity index (χ2n) is 4.32. The van der Waals surface area contributed by atoms with Gasteiger partial charge in [-0.2, -0.15) is 0 Å². The highest BCUT2D eigenvalue weighted by molar-refractivity contribution is 5.93. The van der Waals surface area contributed by atoms with Crippen LogP contribution >= 0.6 is 0 Å². The van der Waals surface area contributed by atoms with Gasteiger partial charge in [-0.05, 0) is 38.3 Å². The minimum absolute atomic E-state index is 0.292. The van der Waals surface area contributed by atoms with E-state index in [1.54, 1.807) is 12.1 Å². The van der Waals surface area contributed by atoms with E-state index in [0.29, 0.717) is 17.4 Å². The Labute approximate surface area is 94.9 Å². The normalized spacial score (nSPS) is 15.6. The maximum absolute atomic E-state index is 11.1. The van der Waals surface area contributed by atoms with Crippen LogP contribution in [0.3, 0.4) is 0 Å². The number of rotatable bonds is 3. The lowest BCUT2D eigenvalue weighted by Crippen LogP contribution is -2.38. The zero-order valence-electron chi connectivity index (χ0n) is 9.60. The molecule has 1 heterocycles. The number of hydrogen-bond donors (Lipinski definition) is 1. The summed E-state index contributed by atoms with van der Waals surface area (Å²) in [5, 5.41) is 9.11. The van der Waals surface area contributed by atoms with Gasteiger partial charge in [-0.15, -0.1) is 0 Å². The Morgan fingerprint density at radius 3 is 2.69 bits per heavy atom. The Morgan fingerprint density at radius 1 is 1.50 bits per heavy atom. The average molecular weight is 220 g/mol. The Kier molecular flexibility index (Phi) is 2.81. The van der Waals surface area contributed by atoms with E-state index in [1.807, 2.05) is 18.9 Å². The van der Waals surface area contributed by atoms with E-state index in [0.717, 1.165) is 18.5 Å². The van der Waals surface area contributed by atoms with Gasteiger partial charge in [0.2, 0.25) is 0 Å². The van der Waals surface area contributed by atoms with Crippen molar-refractivity contribution in [3.8, 4) is 0 Å². The van der Waals surface area contributed by atoms with Crippen molar-refractivity contribution in [3.05, 3.63) is 23.4 Å². The van der Waals surface area contributed by atoms with E-state index in [2.05, 4.69) is 4.98 Å². The van der Waals surface area contributed by atoms with E-state index in [9.17, 15) is 4.79 Å². The Hall–Kier alpha value is -1.58. The van der Waals surface area contributed by atoms with Crippen LogP contribution in [0.5, 0.6) is 0 Å². The lowest BCUT2D eigenvalue weighted by Gasteiger charge is -2.36. The first-order valence-electron chi connectivity index (χ1n) is 5.53. The molecular formula is C12H16N2O2. The van der Waals surface area contributed by atoms with Crippen LogP contribution in [0.2, 0.25) is 0 Å². The fourth-order valence-corrected chi connectivity index (χ4v) is 1.93. The summed E-state index contributed by atoms with van der Waals surface area (Å²) in [7, 11) is 1.93. The molecule has 0 spiro atoms. The van der Waals surface area contributed by atoms with Crippen LogP contribution in [0, 0.1) is 6.92 Å². The maximum Gasteiger partial charge on any atom is 0.339 e. The zero-order chi connectivity index (χ0) is 11.7. The minimum atomic E-state index is -0.909. The van der Waals surface area contributed by atoms with Gasteiger partial charge in [0.1, 0.15) is 11.4 Å². The molecule has 0 aromatic carbocycles. The molecule has 1 aliphatic carbocycles. The Balaban J connectivity index is 2.36. The molecule has 1 fully saturated rings. The van der Waals surface area contributed by atoms with Gasteiger partial charge in [0, 0.05) is 18.8 Å². The fraction of sp³-hybridized carbons (Fsp3) is 0.500. The van der Waals surface area contributed by atoms with Crippen LogP contribution in [0.1, 0.15) is 35.3 Å². The summed E-state index contributed by atoms with van der Waals surface area (Å²) in [5.41, 5.74) is 1.14. The van der Waals surface area contributed by atoms with Gasteiger partial charge in [-0.1, -0.05) is 0 Å². The first-order chi connectivity index (χ1) is 7.59. The summed E-state index contributed by atoms with van der Waals surface area (Å²) in [6, 6.07) is 3.82. The van der Waals surface area contributed by atoms with Gasteiger partial charge in [-0.25, -0.2) is 9.78 Å². The summed E-state index contributed by atoms with van der Waals surface area (Å²) in [5.74, 6) is -0.314. The molecule has 0 saturated heterocycles. The number of anilines is 1. The van der Waals surface area contributed by atoms with Crippen LogP contribution in [-0.2, 0) is 0 Å². The molecule has 1 N–H and O–H groups in total. The number of carboxylic acids is 1. The third-order valence-electron chi connectivity index (χ3n) is 3.20. The number of aromatic carboxylic acids is 1. The second kappa shape index (κ2) is 4.12. The van der Waals surface area contributed by atoms with Crippen LogP contribution < -0.4 is 4.90 Å². The molecule has 1 aromatic heterocycles. The first-order valence-corrected chi connectivity index (χ1v) is 5.53. The van der Waals surface area contributed by atoms with E-state index in [1.165, 1.54) is 6.42 Å². The molecule has 0 bridgehead atoms. The van der Waals surface area contributed by atoms with E-state index in [4.69, 9.17) is 5.11 Å². The number of aromatic nitrogens is 1. The number of aryl methyl sites for hydroxylation is 1. The van der Waals surface area contributed by atoms with Crippen molar-refractivity contribution in [1.29, 1.82) is 0 Å². The topological polar surface area (TPSA) is 53.4 Å². The third-order valence-corrected chi connectivity index (χ3v) is 3.20. The van der Waals surface area contributed by atoms with E-state index < -0.39 is 5.97 Å². The molecule has 0 unspecified atom stereocenters. The molecule has 4 nitrogen and oxygen atoms in total. The monoisotopic (exact) mass is 220 g/mol. The van der Waals surface area contributed by atoms with Gasteiger partial charge in [0.05, 0.1) is 0 Å². The molecule has 86 valence electrons. The summed E-state index contributed by atoms with van der Waals surface area (Å²) < 4.78 is 0. The summed E-state index contributed by atoms with van der Waals surface area (Å²) in [6.45, 7) is 1.88. The second-order valence-corrected chi connectivity index (χ2v) is 4.32. The van der Waals surface area contributed by atoms with Crippen molar-refractivity contribution < 1.29 is 9.90 Å². The average Bonchev–Trinajstić information content (AvgIpc) is 2.14. The van der Waals surface area contributed by atoms with Crippen molar-refractivity contribution in [3.63, 3.8) is 0 Å². The molecule has 1 aromatic rings. The molecule has 0 amide bonds. The lowest BCUT2D eigenvalue weighted by molar-refractivity contribution is 0.0697. The zero-order valence-corrected chi connectivity index (χ0v) is 9.60. The van der Waals surface area contributed by atoms with Gasteiger partial charge in [0.25, 0.3) is 0 Å². The fourth-order valence-electron chi connectivity index (χ4n) is 1.93. The van der Waals surface area contributed by atoms with Crippen molar-refractivity contribution in [2.24, 2.45) is 0 Å². The summed E-state index contributed by atoms with van der Waals surface area (Å²) in [6.07, 6.45) is 3.49. The van der Waals surface area contributed by atoms with Crippen molar-refractivity contribution >= 4 is 11.8 Å². The smallest absolute Gasteiger partial charge is 0.339 e. The van der Waals surface area contributed by atoms with Crippen LogP contribution in [0.25, 0.3) is 0 Å². The molecule has 1 saturated carbocycles. The quantitative estimate of drug-likeness (QED) is 0.847. The molecule has 0 radical (unpaired) electrons. The Morgan fingerprint density at radius 2 is 2.19 bits per heavy atom. The highest BCUT2D eigenvalue weighted by Gasteiger charge is 2.26. The summed E-state index contributed by atoms with van der Waals surface area (Å²) in [4.78, 5) is 17.4. The van der Waals surface area contributed by atoms with Gasteiger partial charge < -0.3 is 10.0 Å². The van der Waals surface area contributed by atoms with E-state index >= 15 is 0 Å². The lowest BCUT2D eigenvalue weighted by atomic mass is 9.91. The number of carbonyl (C=O) groups is 1.